The Kier molecular flexibility index (Phi) is 5.09. The van der Waals surface area contributed by atoms with Gasteiger partial charge < -0.3 is 10.8 Å². The number of benzene rings is 2. The molecule has 150 valence electrons. The van der Waals surface area contributed by atoms with Crippen LogP contribution in [-0.2, 0) is 16.9 Å². The first kappa shape index (κ1) is 19.2. The fraction of sp³-hybridized carbons (Fsp3) is 0.348. The van der Waals surface area contributed by atoms with Crippen LogP contribution < -0.4 is 5.73 Å². The average Bonchev–Trinajstić information content (AvgIpc) is 3.01. The maximum atomic E-state index is 13.8. The number of carboxylic acid groups (broad SMARTS) is 1. The molecule has 1 aliphatic heterocycles. The summed E-state index contributed by atoms with van der Waals surface area (Å²) in [5.74, 6) is -0.707. The molecule has 0 spiro atoms. The number of aromatic carboxylic acids is 1. The second-order valence-electron chi connectivity index (χ2n) is 7.83. The van der Waals surface area contributed by atoms with Gasteiger partial charge in [0.2, 0.25) is 0 Å². The third-order valence-electron chi connectivity index (χ3n) is 6.09. The summed E-state index contributed by atoms with van der Waals surface area (Å²) in [7, 11) is 0. The highest BCUT2D eigenvalue weighted by molar-refractivity contribution is 6.07. The lowest BCUT2D eigenvalue weighted by molar-refractivity contribution is -0.134. The number of rotatable bonds is 5. The van der Waals surface area contributed by atoms with Crippen molar-refractivity contribution in [3.63, 3.8) is 0 Å². The molecular formula is C23H25N3O3. The predicted molar refractivity (Wildman–Crippen MR) is 110 cm³/mol. The van der Waals surface area contributed by atoms with Gasteiger partial charge in [-0.1, -0.05) is 61.7 Å². The van der Waals surface area contributed by atoms with Gasteiger partial charge in [0.05, 0.1) is 12.1 Å². The van der Waals surface area contributed by atoms with Crippen LogP contribution >= 0.6 is 0 Å². The normalized spacial score (nSPS) is 22.6. The summed E-state index contributed by atoms with van der Waals surface area (Å²) in [6, 6.07) is 16.3. The number of amides is 1. The summed E-state index contributed by atoms with van der Waals surface area (Å²) >= 11 is 0. The van der Waals surface area contributed by atoms with Crippen LogP contribution in [0.2, 0.25) is 0 Å². The van der Waals surface area contributed by atoms with Crippen LogP contribution in [0.15, 0.2) is 59.6 Å². The highest BCUT2D eigenvalue weighted by atomic mass is 16.4. The second kappa shape index (κ2) is 7.70. The van der Waals surface area contributed by atoms with Gasteiger partial charge in [-0.3, -0.25) is 9.69 Å². The number of carbonyl (C=O) groups excluding carboxylic acids is 1. The Morgan fingerprint density at radius 2 is 1.72 bits per heavy atom. The fourth-order valence-corrected chi connectivity index (χ4v) is 4.59. The molecule has 0 radical (unpaired) electrons. The van der Waals surface area contributed by atoms with Gasteiger partial charge in [0.15, 0.2) is 11.5 Å². The number of carboxylic acids is 1. The number of nitrogens with two attached hydrogens (primary N) is 1. The smallest absolute Gasteiger partial charge is 0.335 e. The molecule has 1 aliphatic carbocycles. The largest absolute Gasteiger partial charge is 0.478 e. The van der Waals surface area contributed by atoms with Crippen molar-refractivity contribution >= 4 is 17.8 Å². The number of guanidine groups is 1. The van der Waals surface area contributed by atoms with Gasteiger partial charge >= 0.3 is 5.97 Å². The second-order valence-corrected chi connectivity index (χ2v) is 7.83. The Labute approximate surface area is 170 Å². The molecule has 2 aromatic carbocycles. The van der Waals surface area contributed by atoms with E-state index in [9.17, 15) is 9.59 Å². The van der Waals surface area contributed by atoms with Crippen LogP contribution in [-0.4, -0.2) is 27.8 Å². The third kappa shape index (κ3) is 3.39. The van der Waals surface area contributed by atoms with E-state index in [4.69, 9.17) is 15.8 Å². The first-order valence-corrected chi connectivity index (χ1v) is 10.1. The zero-order valence-electron chi connectivity index (χ0n) is 16.3. The van der Waals surface area contributed by atoms with E-state index in [1.807, 2.05) is 30.3 Å². The lowest BCUT2D eigenvalue weighted by atomic mass is 9.71. The molecule has 2 aromatic rings. The lowest BCUT2D eigenvalue weighted by Gasteiger charge is -2.36. The van der Waals surface area contributed by atoms with Crippen LogP contribution in [0.4, 0.5) is 0 Å². The van der Waals surface area contributed by atoms with E-state index in [1.54, 1.807) is 12.1 Å². The molecular weight excluding hydrogens is 366 g/mol. The van der Waals surface area contributed by atoms with Gasteiger partial charge in [0, 0.05) is 0 Å². The summed E-state index contributed by atoms with van der Waals surface area (Å²) in [5, 5.41) is 9.08. The Hall–Kier alpha value is -3.15. The topological polar surface area (TPSA) is 96.0 Å². The number of aliphatic imine (C=N–C) groups is 1. The molecule has 0 bridgehead atoms. The van der Waals surface area contributed by atoms with Gasteiger partial charge in [-0.2, -0.15) is 0 Å². The first-order chi connectivity index (χ1) is 14.0. The molecule has 1 amide bonds. The van der Waals surface area contributed by atoms with Gasteiger partial charge in [-0.05, 0) is 42.0 Å². The van der Waals surface area contributed by atoms with Gasteiger partial charge in [0.25, 0.3) is 5.91 Å². The molecule has 3 N–H and O–H groups in total. The van der Waals surface area contributed by atoms with E-state index in [-0.39, 0.29) is 29.9 Å². The monoisotopic (exact) mass is 391 g/mol. The number of nitrogens with zero attached hydrogens (tertiary/aromatic N) is 2. The van der Waals surface area contributed by atoms with Crippen molar-refractivity contribution in [3.8, 4) is 0 Å². The highest BCUT2D eigenvalue weighted by Gasteiger charge is 2.54. The summed E-state index contributed by atoms with van der Waals surface area (Å²) < 4.78 is 0. The molecule has 0 aromatic heterocycles. The summed E-state index contributed by atoms with van der Waals surface area (Å²) in [6.07, 6.45) is 5.29. The van der Waals surface area contributed by atoms with Crippen molar-refractivity contribution in [3.05, 3.63) is 71.3 Å². The highest BCUT2D eigenvalue weighted by Crippen LogP contribution is 2.46. The Morgan fingerprint density at radius 1 is 1.07 bits per heavy atom. The predicted octanol–water partition coefficient (Wildman–Crippen LogP) is 3.52. The minimum atomic E-state index is -0.977. The van der Waals surface area contributed by atoms with Crippen LogP contribution in [0.25, 0.3) is 0 Å². The zero-order valence-corrected chi connectivity index (χ0v) is 16.3. The molecule has 2 aliphatic rings. The van der Waals surface area contributed by atoms with E-state index in [0.29, 0.717) is 0 Å². The summed E-state index contributed by atoms with van der Waals surface area (Å²) in [5.41, 5.74) is 7.23. The fourth-order valence-electron chi connectivity index (χ4n) is 4.59. The molecule has 6 nitrogen and oxygen atoms in total. The van der Waals surface area contributed by atoms with Crippen molar-refractivity contribution in [2.45, 2.75) is 44.2 Å². The van der Waals surface area contributed by atoms with Gasteiger partial charge in [-0.25, -0.2) is 9.79 Å². The van der Waals surface area contributed by atoms with Crippen LogP contribution in [0.1, 0.15) is 53.6 Å². The minimum Gasteiger partial charge on any atom is -0.478 e. The zero-order chi connectivity index (χ0) is 20.4. The van der Waals surface area contributed by atoms with Gasteiger partial charge in [-0.15, -0.1) is 0 Å². The molecule has 1 unspecified atom stereocenters. The van der Waals surface area contributed by atoms with Crippen molar-refractivity contribution < 1.29 is 14.7 Å². The molecule has 0 saturated heterocycles. The maximum Gasteiger partial charge on any atom is 0.335 e. The quantitative estimate of drug-likeness (QED) is 0.815. The minimum absolute atomic E-state index is 0.0876. The van der Waals surface area contributed by atoms with Crippen LogP contribution in [0, 0.1) is 5.92 Å². The molecule has 4 rings (SSSR count). The number of carbonyl (C=O) groups is 2. The van der Waals surface area contributed by atoms with E-state index < -0.39 is 11.5 Å². The third-order valence-corrected chi connectivity index (χ3v) is 6.09. The van der Waals surface area contributed by atoms with E-state index in [1.165, 1.54) is 23.5 Å². The van der Waals surface area contributed by atoms with E-state index in [0.717, 1.165) is 36.8 Å². The lowest BCUT2D eigenvalue weighted by Crippen LogP contribution is -2.46. The van der Waals surface area contributed by atoms with Crippen LogP contribution in [0.3, 0.4) is 0 Å². The van der Waals surface area contributed by atoms with E-state index >= 15 is 0 Å². The number of hydrogen-bond donors (Lipinski definition) is 2. The SMILES string of the molecule is NC1=NC(c2ccccc2)(C2CCCCC2)C(=O)N1Cc1ccc(C(=O)O)cc1. The molecule has 1 heterocycles. The first-order valence-electron chi connectivity index (χ1n) is 10.1. The van der Waals surface area contributed by atoms with Crippen molar-refractivity contribution in [2.24, 2.45) is 16.6 Å². The Balaban J connectivity index is 1.67. The van der Waals surface area contributed by atoms with Crippen LogP contribution in [0.5, 0.6) is 0 Å². The molecule has 29 heavy (non-hydrogen) atoms. The number of hydrogen-bond acceptors (Lipinski definition) is 4. The van der Waals surface area contributed by atoms with E-state index in [2.05, 4.69) is 0 Å². The van der Waals surface area contributed by atoms with Crippen molar-refractivity contribution in [2.75, 3.05) is 0 Å². The standard InChI is InChI=1S/C23H25N3O3/c24-22-25-23(18-7-3-1-4-8-18,19-9-5-2-6-10-19)21(29)26(22)15-16-11-13-17(14-12-16)20(27)28/h1,3-4,7-8,11-14,19H,2,5-6,9-10,15H2,(H2,24,25)(H,27,28). The molecule has 1 atom stereocenters. The average molecular weight is 391 g/mol. The molecule has 1 saturated carbocycles. The summed E-state index contributed by atoms with van der Waals surface area (Å²) in [4.78, 5) is 31.2. The maximum absolute atomic E-state index is 13.8. The Bertz CT molecular complexity index is 934. The molecule has 1 fully saturated rings. The van der Waals surface area contributed by atoms with Gasteiger partial charge in [0.1, 0.15) is 0 Å². The Morgan fingerprint density at radius 3 is 2.34 bits per heavy atom. The molecule has 6 heteroatoms. The van der Waals surface area contributed by atoms with Crippen molar-refractivity contribution in [1.29, 1.82) is 0 Å². The summed E-state index contributed by atoms with van der Waals surface area (Å²) in [6.45, 7) is 0.273. The van der Waals surface area contributed by atoms with Crippen molar-refractivity contribution in [1.82, 2.24) is 4.90 Å².